The Morgan fingerprint density at radius 2 is 2.28 bits per heavy atom. The van der Waals surface area contributed by atoms with Gasteiger partial charge < -0.3 is 14.5 Å². The van der Waals surface area contributed by atoms with Crippen molar-refractivity contribution in [3.63, 3.8) is 0 Å². The van der Waals surface area contributed by atoms with Gasteiger partial charge in [-0.15, -0.1) is 6.58 Å². The molecule has 0 radical (unpaired) electrons. The fourth-order valence-corrected chi connectivity index (χ4v) is 4.03. The Kier molecular flexibility index (Phi) is 5.00. The Balaban J connectivity index is 2.24. The maximum absolute atomic E-state index is 12.1. The first-order chi connectivity index (χ1) is 12.1. The van der Waals surface area contributed by atoms with Gasteiger partial charge in [-0.1, -0.05) is 38.1 Å². The van der Waals surface area contributed by atoms with Crippen molar-refractivity contribution in [2.24, 2.45) is 0 Å². The van der Waals surface area contributed by atoms with Gasteiger partial charge in [-0.3, -0.25) is 4.79 Å². The van der Waals surface area contributed by atoms with E-state index >= 15 is 0 Å². The highest BCUT2D eigenvalue weighted by atomic mass is 16.5. The number of ether oxygens (including phenoxy) is 2. The van der Waals surface area contributed by atoms with Gasteiger partial charge in [0.15, 0.2) is 0 Å². The van der Waals surface area contributed by atoms with Crippen molar-refractivity contribution in [1.29, 1.82) is 0 Å². The molecule has 2 unspecified atom stereocenters. The van der Waals surface area contributed by atoms with E-state index in [-0.39, 0.29) is 18.3 Å². The van der Waals surface area contributed by atoms with Gasteiger partial charge in [0, 0.05) is 16.8 Å². The molecule has 1 aliphatic heterocycles. The normalized spacial score (nSPS) is 22.6. The van der Waals surface area contributed by atoms with Gasteiger partial charge >= 0.3 is 5.97 Å². The number of para-hydroxylation sites is 1. The summed E-state index contributed by atoms with van der Waals surface area (Å²) in [6, 6.07) is 6.44. The predicted molar refractivity (Wildman–Crippen MR) is 99.8 cm³/mol. The highest BCUT2D eigenvalue weighted by Crippen LogP contribution is 2.47. The summed E-state index contributed by atoms with van der Waals surface area (Å²) in [4.78, 5) is 15.7. The number of carbonyl (C=O) groups is 1. The second kappa shape index (κ2) is 7.04. The molecule has 0 saturated heterocycles. The Morgan fingerprint density at radius 3 is 2.92 bits per heavy atom. The molecule has 4 heteroatoms. The van der Waals surface area contributed by atoms with Crippen LogP contribution in [0.5, 0.6) is 0 Å². The minimum absolute atomic E-state index is 0.224. The van der Waals surface area contributed by atoms with Crippen molar-refractivity contribution in [2.75, 3.05) is 13.7 Å². The number of H-pyrrole nitrogens is 1. The van der Waals surface area contributed by atoms with Crippen LogP contribution in [0.25, 0.3) is 10.9 Å². The number of carbonyl (C=O) groups excluding carboxylic acids is 1. The molecule has 1 aromatic heterocycles. The van der Waals surface area contributed by atoms with Gasteiger partial charge in [-0.05, 0) is 30.4 Å². The lowest BCUT2D eigenvalue weighted by atomic mass is 9.81. The van der Waals surface area contributed by atoms with Crippen LogP contribution in [-0.2, 0) is 26.3 Å². The molecule has 0 amide bonds. The number of allylic oxidation sites excluding steroid dienone is 1. The number of aromatic amines is 1. The van der Waals surface area contributed by atoms with Gasteiger partial charge in [-0.2, -0.15) is 0 Å². The number of esters is 1. The fourth-order valence-electron chi connectivity index (χ4n) is 4.03. The number of methoxy groups -OCH3 is 1. The summed E-state index contributed by atoms with van der Waals surface area (Å²) in [6.07, 6.45) is 4.69. The van der Waals surface area contributed by atoms with E-state index in [2.05, 4.69) is 43.6 Å². The zero-order valence-electron chi connectivity index (χ0n) is 15.4. The standard InChI is InChI=1S/C21H27NO3/c1-5-9-15-13-25-21(7-3,12-17(23)24-4)20-18(15)16-11-8-10-14(6-2)19(16)22-20/h5,8,10-11,15,22H,1,6-7,9,12-13H2,2-4H3. The maximum Gasteiger partial charge on any atom is 0.308 e. The number of benzene rings is 1. The molecule has 0 spiro atoms. The van der Waals surface area contributed by atoms with Crippen molar-refractivity contribution in [3.8, 4) is 0 Å². The molecule has 0 bridgehead atoms. The first kappa shape index (κ1) is 17.7. The molecular weight excluding hydrogens is 314 g/mol. The van der Waals surface area contributed by atoms with Crippen LogP contribution in [0.4, 0.5) is 0 Å². The summed E-state index contributed by atoms with van der Waals surface area (Å²) < 4.78 is 11.2. The Hall–Kier alpha value is -2.07. The molecule has 1 N–H and O–H groups in total. The van der Waals surface area contributed by atoms with E-state index in [4.69, 9.17) is 9.47 Å². The van der Waals surface area contributed by atoms with E-state index in [0.717, 1.165) is 24.1 Å². The van der Waals surface area contributed by atoms with Crippen LogP contribution in [0.15, 0.2) is 30.9 Å². The largest absolute Gasteiger partial charge is 0.469 e. The quantitative estimate of drug-likeness (QED) is 0.617. The number of aryl methyl sites for hydroxylation is 1. The zero-order chi connectivity index (χ0) is 18.0. The molecule has 0 fully saturated rings. The van der Waals surface area contributed by atoms with Crippen molar-refractivity contribution < 1.29 is 14.3 Å². The van der Waals surface area contributed by atoms with E-state index in [0.29, 0.717) is 13.0 Å². The summed E-state index contributed by atoms with van der Waals surface area (Å²) in [7, 11) is 1.43. The average molecular weight is 341 g/mol. The number of hydrogen-bond donors (Lipinski definition) is 1. The number of hydrogen-bond acceptors (Lipinski definition) is 3. The molecule has 2 heterocycles. The van der Waals surface area contributed by atoms with Crippen molar-refractivity contribution >= 4 is 16.9 Å². The lowest BCUT2D eigenvalue weighted by Crippen LogP contribution is -2.39. The topological polar surface area (TPSA) is 51.3 Å². The smallest absolute Gasteiger partial charge is 0.308 e. The SMILES string of the molecule is C=CCC1COC(CC)(CC(=O)OC)c2[nH]c3c(CC)cccc3c21. The molecular formula is C21H27NO3. The fraction of sp³-hybridized carbons (Fsp3) is 0.476. The number of nitrogens with one attached hydrogen (secondary N) is 1. The van der Waals surface area contributed by atoms with Crippen LogP contribution in [0.1, 0.15) is 55.8 Å². The predicted octanol–water partition coefficient (Wildman–Crippen LogP) is 4.59. The van der Waals surface area contributed by atoms with Gasteiger partial charge in [0.05, 0.1) is 25.8 Å². The summed E-state index contributed by atoms with van der Waals surface area (Å²) in [5.41, 5.74) is 4.12. The second-order valence-electron chi connectivity index (χ2n) is 6.74. The van der Waals surface area contributed by atoms with Crippen LogP contribution in [0, 0.1) is 0 Å². The molecule has 2 atom stereocenters. The van der Waals surface area contributed by atoms with Crippen molar-refractivity contribution in [2.45, 2.75) is 51.0 Å². The van der Waals surface area contributed by atoms with Crippen molar-refractivity contribution in [1.82, 2.24) is 4.98 Å². The molecule has 134 valence electrons. The number of fused-ring (bicyclic) bond motifs is 3. The van der Waals surface area contributed by atoms with E-state index in [9.17, 15) is 4.79 Å². The van der Waals surface area contributed by atoms with Gasteiger partial charge in [0.1, 0.15) is 5.60 Å². The van der Waals surface area contributed by atoms with E-state index in [1.165, 1.54) is 23.6 Å². The first-order valence-electron chi connectivity index (χ1n) is 9.05. The molecule has 2 aromatic rings. The monoisotopic (exact) mass is 341 g/mol. The molecule has 4 nitrogen and oxygen atoms in total. The van der Waals surface area contributed by atoms with E-state index < -0.39 is 5.60 Å². The highest BCUT2D eigenvalue weighted by Gasteiger charge is 2.44. The summed E-state index contributed by atoms with van der Waals surface area (Å²) in [5.74, 6) is 0.00928. The van der Waals surface area contributed by atoms with Gasteiger partial charge in [-0.25, -0.2) is 0 Å². The Labute approximate surface area is 149 Å². The minimum Gasteiger partial charge on any atom is -0.469 e. The lowest BCUT2D eigenvalue weighted by Gasteiger charge is -2.39. The molecule has 25 heavy (non-hydrogen) atoms. The van der Waals surface area contributed by atoms with Crippen molar-refractivity contribution in [3.05, 3.63) is 47.7 Å². The molecule has 0 aliphatic carbocycles. The van der Waals surface area contributed by atoms with Crippen LogP contribution < -0.4 is 0 Å². The number of aromatic nitrogens is 1. The second-order valence-corrected chi connectivity index (χ2v) is 6.74. The third-order valence-corrected chi connectivity index (χ3v) is 5.45. The molecule has 1 aliphatic rings. The summed E-state index contributed by atoms with van der Waals surface area (Å²) in [5, 5.41) is 1.24. The van der Waals surface area contributed by atoms with E-state index in [1.807, 2.05) is 6.08 Å². The van der Waals surface area contributed by atoms with Crippen LogP contribution in [0.2, 0.25) is 0 Å². The van der Waals surface area contributed by atoms with Gasteiger partial charge in [0.2, 0.25) is 0 Å². The average Bonchev–Trinajstić information content (AvgIpc) is 3.04. The summed E-state index contributed by atoms with van der Waals surface area (Å²) in [6.45, 7) is 8.72. The zero-order valence-corrected chi connectivity index (χ0v) is 15.4. The Bertz CT molecular complexity index is 792. The first-order valence-corrected chi connectivity index (χ1v) is 9.05. The molecule has 3 rings (SSSR count). The molecule has 1 aromatic carbocycles. The van der Waals surface area contributed by atoms with E-state index in [1.54, 1.807) is 0 Å². The summed E-state index contributed by atoms with van der Waals surface area (Å²) >= 11 is 0. The van der Waals surface area contributed by atoms with Crippen LogP contribution in [-0.4, -0.2) is 24.7 Å². The van der Waals surface area contributed by atoms with Crippen LogP contribution in [0.3, 0.4) is 0 Å². The molecule has 0 saturated carbocycles. The van der Waals surface area contributed by atoms with Crippen LogP contribution >= 0.6 is 0 Å². The number of rotatable bonds is 6. The highest BCUT2D eigenvalue weighted by molar-refractivity contribution is 5.89. The van der Waals surface area contributed by atoms with Gasteiger partial charge in [0.25, 0.3) is 0 Å². The Morgan fingerprint density at radius 1 is 1.48 bits per heavy atom. The minimum atomic E-state index is -0.649. The third-order valence-electron chi connectivity index (χ3n) is 5.45. The third kappa shape index (κ3) is 2.89. The maximum atomic E-state index is 12.1. The lowest BCUT2D eigenvalue weighted by molar-refractivity contribution is -0.153.